The lowest BCUT2D eigenvalue weighted by molar-refractivity contribution is -0.120. The van der Waals surface area contributed by atoms with Crippen LogP contribution < -0.4 is 14.4 Å². The first-order valence-electron chi connectivity index (χ1n) is 8.75. The number of carbonyl (C=O) groups excluding carboxylic acids is 1. The number of hydrogen-bond donors (Lipinski definition) is 1. The van der Waals surface area contributed by atoms with Crippen molar-refractivity contribution < 1.29 is 17.9 Å². The maximum atomic E-state index is 12.4. The molecule has 0 spiro atoms. The summed E-state index contributed by atoms with van der Waals surface area (Å²) < 4.78 is 30.7. The van der Waals surface area contributed by atoms with E-state index in [1.807, 2.05) is 37.3 Å². The molecule has 2 aromatic carbocycles. The number of hydrogen-bond acceptors (Lipinski definition) is 4. The molecule has 0 saturated heterocycles. The minimum Gasteiger partial charge on any atom is -0.495 e. The molecule has 0 aromatic heterocycles. The second-order valence-electron chi connectivity index (χ2n) is 6.43. The van der Waals surface area contributed by atoms with E-state index in [2.05, 4.69) is 5.32 Å². The van der Waals surface area contributed by atoms with Crippen LogP contribution in [0.2, 0.25) is 0 Å². The van der Waals surface area contributed by atoms with Crippen LogP contribution in [0.3, 0.4) is 0 Å². The summed E-state index contributed by atoms with van der Waals surface area (Å²) >= 11 is 0. The number of amides is 1. The Bertz CT molecular complexity index is 853. The average molecular weight is 391 g/mol. The number of methoxy groups -OCH3 is 1. The fourth-order valence-electron chi connectivity index (χ4n) is 2.77. The molecule has 0 aliphatic rings. The molecule has 0 fully saturated rings. The Morgan fingerprint density at radius 2 is 1.74 bits per heavy atom. The number of aryl methyl sites for hydroxylation is 1. The molecule has 0 radical (unpaired) electrons. The van der Waals surface area contributed by atoms with Crippen molar-refractivity contribution >= 4 is 21.6 Å². The highest BCUT2D eigenvalue weighted by Gasteiger charge is 2.24. The predicted molar refractivity (Wildman–Crippen MR) is 108 cm³/mol. The molecule has 0 heterocycles. The Balaban J connectivity index is 2.01. The van der Waals surface area contributed by atoms with Gasteiger partial charge in [0.05, 0.1) is 19.1 Å². The number of sulfonamides is 1. The van der Waals surface area contributed by atoms with E-state index in [0.717, 1.165) is 23.4 Å². The maximum absolute atomic E-state index is 12.4. The van der Waals surface area contributed by atoms with Crippen molar-refractivity contribution in [1.82, 2.24) is 5.32 Å². The summed E-state index contributed by atoms with van der Waals surface area (Å²) in [5.41, 5.74) is 1.54. The minimum atomic E-state index is -3.64. The normalized spacial score (nSPS) is 12.3. The van der Waals surface area contributed by atoms with Crippen LogP contribution in [-0.4, -0.2) is 40.3 Å². The number of nitrogens with one attached hydrogen (secondary N) is 1. The Hall–Kier alpha value is -2.54. The molecule has 0 aliphatic heterocycles. The molecule has 2 rings (SSSR count). The third-order valence-corrected chi connectivity index (χ3v) is 5.28. The number of anilines is 1. The van der Waals surface area contributed by atoms with Gasteiger partial charge < -0.3 is 10.1 Å². The number of ether oxygens (including phenoxy) is 1. The van der Waals surface area contributed by atoms with Gasteiger partial charge in [0, 0.05) is 6.04 Å². The van der Waals surface area contributed by atoms with Crippen LogP contribution in [0.25, 0.3) is 0 Å². The average Bonchev–Trinajstić information content (AvgIpc) is 2.64. The first-order chi connectivity index (χ1) is 12.8. The van der Waals surface area contributed by atoms with Crippen LogP contribution in [0.15, 0.2) is 54.6 Å². The van der Waals surface area contributed by atoms with E-state index < -0.39 is 10.0 Å². The zero-order chi connectivity index (χ0) is 19.9. The van der Waals surface area contributed by atoms with Gasteiger partial charge >= 0.3 is 0 Å². The number of para-hydroxylation sites is 2. The molecule has 6 nitrogen and oxygen atoms in total. The van der Waals surface area contributed by atoms with E-state index in [4.69, 9.17) is 4.74 Å². The van der Waals surface area contributed by atoms with Crippen molar-refractivity contribution in [3.63, 3.8) is 0 Å². The van der Waals surface area contributed by atoms with Gasteiger partial charge in [-0.05, 0) is 37.5 Å². The van der Waals surface area contributed by atoms with Gasteiger partial charge in [0.15, 0.2) is 0 Å². The Labute approximate surface area is 161 Å². The lowest BCUT2D eigenvalue weighted by Crippen LogP contribution is -2.43. The first-order valence-corrected chi connectivity index (χ1v) is 10.6. The van der Waals surface area contributed by atoms with E-state index in [1.165, 1.54) is 12.7 Å². The third-order valence-electron chi connectivity index (χ3n) is 4.16. The second-order valence-corrected chi connectivity index (χ2v) is 8.34. The molecule has 2 aromatic rings. The Morgan fingerprint density at radius 3 is 2.37 bits per heavy atom. The van der Waals surface area contributed by atoms with E-state index in [1.54, 1.807) is 24.3 Å². The fraction of sp³-hybridized carbons (Fsp3) is 0.350. The van der Waals surface area contributed by atoms with E-state index in [0.29, 0.717) is 11.4 Å². The van der Waals surface area contributed by atoms with E-state index >= 15 is 0 Å². The highest BCUT2D eigenvalue weighted by atomic mass is 32.2. The van der Waals surface area contributed by atoms with Crippen LogP contribution in [0, 0.1) is 0 Å². The standard InChI is InChI=1S/C20H26N2O4S/c1-16(13-14-17-9-5-4-6-10-17)21-20(23)15-22(27(3,24)25)18-11-7-8-12-19(18)26-2/h4-12,16H,13-15H2,1-3H3,(H,21,23)/t16-/m1/s1. The topological polar surface area (TPSA) is 75.7 Å². The number of benzene rings is 2. The zero-order valence-corrected chi connectivity index (χ0v) is 16.7. The van der Waals surface area contributed by atoms with Gasteiger partial charge in [-0.1, -0.05) is 42.5 Å². The van der Waals surface area contributed by atoms with E-state index in [-0.39, 0.29) is 18.5 Å². The first kappa shape index (κ1) is 20.8. The molecular weight excluding hydrogens is 364 g/mol. The molecule has 0 aliphatic carbocycles. The fourth-order valence-corrected chi connectivity index (χ4v) is 3.63. The molecule has 7 heteroatoms. The molecule has 0 bridgehead atoms. The quantitative estimate of drug-likeness (QED) is 0.714. The lowest BCUT2D eigenvalue weighted by atomic mass is 10.1. The monoisotopic (exact) mass is 390 g/mol. The molecule has 0 saturated carbocycles. The van der Waals surface area contributed by atoms with Crippen LogP contribution in [-0.2, 0) is 21.2 Å². The van der Waals surface area contributed by atoms with Gasteiger partial charge in [0.2, 0.25) is 15.9 Å². The molecule has 0 unspecified atom stereocenters. The van der Waals surface area contributed by atoms with Gasteiger partial charge in [-0.25, -0.2) is 8.42 Å². The van der Waals surface area contributed by atoms with Gasteiger partial charge in [-0.2, -0.15) is 0 Å². The zero-order valence-electron chi connectivity index (χ0n) is 15.9. The van der Waals surface area contributed by atoms with Gasteiger partial charge in [-0.15, -0.1) is 0 Å². The predicted octanol–water partition coefficient (Wildman–Crippen LogP) is 2.60. The van der Waals surface area contributed by atoms with Gasteiger partial charge in [0.25, 0.3) is 0 Å². The van der Waals surface area contributed by atoms with Crippen molar-refractivity contribution in [3.8, 4) is 5.75 Å². The van der Waals surface area contributed by atoms with Crippen molar-refractivity contribution in [2.45, 2.75) is 25.8 Å². The molecule has 1 N–H and O–H groups in total. The summed E-state index contributed by atoms with van der Waals surface area (Å²) in [6.07, 6.45) is 2.68. The number of rotatable bonds is 9. The Kier molecular flexibility index (Phi) is 7.24. The van der Waals surface area contributed by atoms with Gasteiger partial charge in [-0.3, -0.25) is 9.10 Å². The molecule has 146 valence electrons. The minimum absolute atomic E-state index is 0.0724. The van der Waals surface area contributed by atoms with Crippen molar-refractivity contribution in [2.75, 3.05) is 24.2 Å². The van der Waals surface area contributed by atoms with Crippen LogP contribution in [0.4, 0.5) is 5.69 Å². The van der Waals surface area contributed by atoms with Crippen LogP contribution >= 0.6 is 0 Å². The van der Waals surface area contributed by atoms with Crippen molar-refractivity contribution in [3.05, 3.63) is 60.2 Å². The van der Waals surface area contributed by atoms with Crippen molar-refractivity contribution in [2.24, 2.45) is 0 Å². The molecule has 1 atom stereocenters. The summed E-state index contributed by atoms with van der Waals surface area (Å²) in [4.78, 5) is 12.4. The SMILES string of the molecule is COc1ccccc1N(CC(=O)N[C@H](C)CCc1ccccc1)S(C)(=O)=O. The smallest absolute Gasteiger partial charge is 0.240 e. The lowest BCUT2D eigenvalue weighted by Gasteiger charge is -2.24. The van der Waals surface area contributed by atoms with E-state index in [9.17, 15) is 13.2 Å². The third kappa shape index (κ3) is 6.29. The van der Waals surface area contributed by atoms with Gasteiger partial charge in [0.1, 0.15) is 12.3 Å². The summed E-state index contributed by atoms with van der Waals surface area (Å²) in [7, 11) is -2.18. The second kappa shape index (κ2) is 9.41. The molecular formula is C20H26N2O4S. The highest BCUT2D eigenvalue weighted by molar-refractivity contribution is 7.92. The van der Waals surface area contributed by atoms with Crippen LogP contribution in [0.1, 0.15) is 18.9 Å². The number of nitrogens with zero attached hydrogens (tertiary/aromatic N) is 1. The summed E-state index contributed by atoms with van der Waals surface area (Å²) in [5.74, 6) is 0.0414. The summed E-state index contributed by atoms with van der Waals surface area (Å²) in [6.45, 7) is 1.61. The van der Waals surface area contributed by atoms with Crippen LogP contribution in [0.5, 0.6) is 5.75 Å². The summed E-state index contributed by atoms with van der Waals surface area (Å²) in [6, 6.07) is 16.7. The summed E-state index contributed by atoms with van der Waals surface area (Å²) in [5, 5.41) is 2.87. The van der Waals surface area contributed by atoms with Crippen molar-refractivity contribution in [1.29, 1.82) is 0 Å². The molecule has 27 heavy (non-hydrogen) atoms. The molecule has 1 amide bonds. The largest absolute Gasteiger partial charge is 0.495 e. The maximum Gasteiger partial charge on any atom is 0.240 e. The Morgan fingerprint density at radius 1 is 1.11 bits per heavy atom. The highest BCUT2D eigenvalue weighted by Crippen LogP contribution is 2.29. The number of carbonyl (C=O) groups is 1.